The van der Waals surface area contributed by atoms with Gasteiger partial charge in [0.2, 0.25) is 0 Å². The second-order valence-electron chi connectivity index (χ2n) is 8.47. The van der Waals surface area contributed by atoms with Gasteiger partial charge in [0.05, 0.1) is 28.1 Å². The van der Waals surface area contributed by atoms with Gasteiger partial charge in [-0.2, -0.15) is 31.4 Å². The van der Waals surface area contributed by atoms with Gasteiger partial charge in [0.25, 0.3) is 5.56 Å². The van der Waals surface area contributed by atoms with Crippen molar-refractivity contribution in [2.75, 3.05) is 13.7 Å². The van der Waals surface area contributed by atoms with E-state index in [1.807, 2.05) is 0 Å². The van der Waals surface area contributed by atoms with Crippen molar-refractivity contribution < 1.29 is 31.4 Å². The van der Waals surface area contributed by atoms with Crippen LogP contribution in [-0.2, 0) is 12.4 Å². The molecule has 4 N–H and O–H groups in total. The summed E-state index contributed by atoms with van der Waals surface area (Å²) in [5, 5.41) is 17.0. The molecule has 14 heteroatoms. The molecule has 1 heterocycles. The average Bonchev–Trinajstić information content (AvgIpc) is 3.30. The number of alkyl halides is 6. The number of thiocarbonyl (C=S) groups is 1. The molecule has 0 bridgehead atoms. The van der Waals surface area contributed by atoms with E-state index < -0.39 is 40.3 Å². The fraction of sp³-hybridized carbons (Fsp3) is 0.179. The fourth-order valence-electron chi connectivity index (χ4n) is 3.75. The van der Waals surface area contributed by atoms with Crippen LogP contribution in [0.5, 0.6) is 0 Å². The van der Waals surface area contributed by atoms with Crippen LogP contribution in [0.2, 0.25) is 0 Å². The van der Waals surface area contributed by atoms with Crippen LogP contribution in [0.1, 0.15) is 29.2 Å². The van der Waals surface area contributed by atoms with Crippen molar-refractivity contribution in [1.29, 1.82) is 0 Å². The molecule has 222 valence electrons. The predicted octanol–water partition coefficient (Wildman–Crippen LogP) is 5.72. The maximum Gasteiger partial charge on any atom is 0.416 e. The molecule has 1 aromatic heterocycles. The van der Waals surface area contributed by atoms with Crippen LogP contribution in [0.3, 0.4) is 0 Å². The van der Waals surface area contributed by atoms with E-state index in [1.165, 1.54) is 7.05 Å². The SMILES string of the molecule is CCO.CNC(=S)N/N=C(/c1cc(C(F)(F)F)cc(C(F)(F)F)c1)c1c(-c2ccccc2)[nH]n(-c2ccccc2)c1=O. The van der Waals surface area contributed by atoms with Gasteiger partial charge in [-0.15, -0.1) is 0 Å². The number of H-pyrrole nitrogens is 1. The second-order valence-corrected chi connectivity index (χ2v) is 8.87. The first-order chi connectivity index (χ1) is 19.8. The molecule has 7 nitrogen and oxygen atoms in total. The predicted molar refractivity (Wildman–Crippen MR) is 151 cm³/mol. The van der Waals surface area contributed by atoms with E-state index in [0.717, 1.165) is 4.68 Å². The number of nitrogens with zero attached hydrogens (tertiary/aromatic N) is 2. The molecule has 0 radical (unpaired) electrons. The third kappa shape index (κ3) is 7.64. The van der Waals surface area contributed by atoms with E-state index in [0.29, 0.717) is 23.4 Å². The summed E-state index contributed by atoms with van der Waals surface area (Å²) >= 11 is 5.00. The summed E-state index contributed by atoms with van der Waals surface area (Å²) in [7, 11) is 1.44. The summed E-state index contributed by atoms with van der Waals surface area (Å²) < 4.78 is 83.3. The minimum absolute atomic E-state index is 0.00423. The summed E-state index contributed by atoms with van der Waals surface area (Å²) in [6, 6.07) is 17.5. The zero-order valence-electron chi connectivity index (χ0n) is 22.1. The number of nitrogens with one attached hydrogen (secondary N) is 3. The van der Waals surface area contributed by atoms with Crippen LogP contribution < -0.4 is 16.3 Å². The molecular formula is C28H25F6N5O2S. The van der Waals surface area contributed by atoms with Crippen LogP contribution in [-0.4, -0.2) is 39.4 Å². The molecule has 0 fully saturated rings. The molecular weight excluding hydrogens is 584 g/mol. The zero-order chi connectivity index (χ0) is 31.1. The normalized spacial score (nSPS) is 11.9. The highest BCUT2D eigenvalue weighted by molar-refractivity contribution is 7.80. The van der Waals surface area contributed by atoms with E-state index in [1.54, 1.807) is 67.6 Å². The number of benzene rings is 3. The van der Waals surface area contributed by atoms with Crippen LogP contribution >= 0.6 is 12.2 Å². The van der Waals surface area contributed by atoms with Crippen LogP contribution in [0.25, 0.3) is 16.9 Å². The molecule has 42 heavy (non-hydrogen) atoms. The number of para-hydroxylation sites is 1. The minimum atomic E-state index is -5.11. The van der Waals surface area contributed by atoms with Crippen molar-refractivity contribution in [3.8, 4) is 16.9 Å². The minimum Gasteiger partial charge on any atom is -0.397 e. The molecule has 0 amide bonds. The van der Waals surface area contributed by atoms with E-state index in [-0.39, 0.29) is 29.0 Å². The molecule has 0 aliphatic heterocycles. The lowest BCUT2D eigenvalue weighted by atomic mass is 9.95. The number of aliphatic hydroxyl groups is 1. The Bertz CT molecular complexity index is 1570. The molecule has 0 unspecified atom stereocenters. The number of rotatable bonds is 5. The highest BCUT2D eigenvalue weighted by Gasteiger charge is 2.38. The summed E-state index contributed by atoms with van der Waals surface area (Å²) in [6.45, 7) is 1.93. The second kappa shape index (κ2) is 13.5. The van der Waals surface area contributed by atoms with Crippen LogP contribution in [0.4, 0.5) is 26.3 Å². The summed E-state index contributed by atoms with van der Waals surface area (Å²) in [6.07, 6.45) is -10.2. The highest BCUT2D eigenvalue weighted by Crippen LogP contribution is 2.37. The van der Waals surface area contributed by atoms with Crippen molar-refractivity contribution >= 4 is 23.0 Å². The van der Waals surface area contributed by atoms with Crippen molar-refractivity contribution in [3.63, 3.8) is 0 Å². The largest absolute Gasteiger partial charge is 0.416 e. The Morgan fingerprint density at radius 2 is 1.43 bits per heavy atom. The smallest absolute Gasteiger partial charge is 0.397 e. The standard InChI is InChI=1S/C26H19F6N5OS.C2H6O/c1-33-24(39)35-34-21(16-12-17(25(27,28)29)14-18(13-16)26(30,31)32)20-22(15-8-4-2-5-9-15)36-37(23(20)38)19-10-6-3-7-11-19;1-2-3/h2-14,36H,1H3,(H2,33,35,39);3H,2H2,1H3/b34-21-;. The zero-order valence-corrected chi connectivity index (χ0v) is 23.0. The van der Waals surface area contributed by atoms with Gasteiger partial charge in [-0.3, -0.25) is 15.3 Å². The molecule has 0 atom stereocenters. The van der Waals surface area contributed by atoms with Gasteiger partial charge < -0.3 is 10.4 Å². The average molecular weight is 610 g/mol. The molecule has 0 aliphatic carbocycles. The van der Waals surface area contributed by atoms with E-state index in [9.17, 15) is 31.1 Å². The quantitative estimate of drug-likeness (QED) is 0.101. The Morgan fingerprint density at radius 1 is 0.929 bits per heavy atom. The number of aromatic nitrogens is 2. The van der Waals surface area contributed by atoms with E-state index in [2.05, 4.69) is 20.9 Å². The fourth-order valence-corrected chi connectivity index (χ4v) is 3.79. The van der Waals surface area contributed by atoms with Gasteiger partial charge in [0.1, 0.15) is 5.71 Å². The van der Waals surface area contributed by atoms with Crippen LogP contribution in [0, 0.1) is 0 Å². The number of halogens is 6. The first-order valence-electron chi connectivity index (χ1n) is 12.2. The summed E-state index contributed by atoms with van der Waals surface area (Å²) in [5.74, 6) is 0. The third-order valence-corrected chi connectivity index (χ3v) is 5.86. The summed E-state index contributed by atoms with van der Waals surface area (Å²) in [4.78, 5) is 13.8. The third-order valence-electron chi connectivity index (χ3n) is 5.56. The Morgan fingerprint density at radius 3 is 1.90 bits per heavy atom. The lowest BCUT2D eigenvalue weighted by molar-refractivity contribution is -0.143. The van der Waals surface area contributed by atoms with Gasteiger partial charge in [0, 0.05) is 24.8 Å². The number of aliphatic hydroxyl groups excluding tert-OH is 1. The van der Waals surface area contributed by atoms with Gasteiger partial charge in [0.15, 0.2) is 5.11 Å². The van der Waals surface area contributed by atoms with Gasteiger partial charge >= 0.3 is 12.4 Å². The molecule has 0 saturated carbocycles. The molecule has 0 spiro atoms. The Kier molecular flexibility index (Phi) is 10.3. The van der Waals surface area contributed by atoms with E-state index in [4.69, 9.17) is 17.3 Å². The van der Waals surface area contributed by atoms with Gasteiger partial charge in [-0.05, 0) is 49.5 Å². The van der Waals surface area contributed by atoms with Crippen molar-refractivity contribution in [2.45, 2.75) is 19.3 Å². The number of hydrogen-bond acceptors (Lipinski definition) is 4. The summed E-state index contributed by atoms with van der Waals surface area (Å²) in [5.41, 5.74) is -1.92. The molecule has 3 aromatic carbocycles. The molecule has 0 aliphatic rings. The van der Waals surface area contributed by atoms with Gasteiger partial charge in [-0.1, -0.05) is 48.5 Å². The lowest BCUT2D eigenvalue weighted by Gasteiger charge is -2.15. The van der Waals surface area contributed by atoms with Gasteiger partial charge in [-0.25, -0.2) is 4.68 Å². The Balaban J connectivity index is 0.00000155. The first kappa shape index (κ1) is 32.1. The molecule has 4 aromatic rings. The first-order valence-corrected chi connectivity index (χ1v) is 12.6. The Labute approximate surface area is 241 Å². The van der Waals surface area contributed by atoms with Crippen molar-refractivity contribution in [3.05, 3.63) is 111 Å². The molecule has 0 saturated heterocycles. The Hall–Kier alpha value is -4.43. The maximum absolute atomic E-state index is 13.8. The molecule has 4 rings (SSSR count). The lowest BCUT2D eigenvalue weighted by Crippen LogP contribution is -2.31. The maximum atomic E-state index is 13.8. The number of aromatic amines is 1. The van der Waals surface area contributed by atoms with E-state index >= 15 is 0 Å². The van der Waals surface area contributed by atoms with Crippen LogP contribution in [0.15, 0.2) is 88.8 Å². The monoisotopic (exact) mass is 609 g/mol. The highest BCUT2D eigenvalue weighted by atomic mass is 32.1. The number of hydrogen-bond donors (Lipinski definition) is 4. The van der Waals surface area contributed by atoms with Crippen molar-refractivity contribution in [2.24, 2.45) is 5.10 Å². The van der Waals surface area contributed by atoms with Crippen molar-refractivity contribution in [1.82, 2.24) is 20.5 Å². The topological polar surface area (TPSA) is 94.4 Å². The number of hydrazone groups is 1.